The van der Waals surface area contributed by atoms with Gasteiger partial charge in [-0.3, -0.25) is 0 Å². The molecule has 0 aliphatic carbocycles. The van der Waals surface area contributed by atoms with Crippen LogP contribution in [0, 0.1) is 6.92 Å². The van der Waals surface area contributed by atoms with Crippen LogP contribution in [0.25, 0.3) is 10.9 Å². The Labute approximate surface area is 93.2 Å². The third-order valence-electron chi connectivity index (χ3n) is 2.44. The number of aromatic nitrogens is 1. The molecular formula is C12H13NO3. The third-order valence-corrected chi connectivity index (χ3v) is 2.44. The number of aryl methyl sites for hydroxylation is 1. The van der Waals surface area contributed by atoms with Gasteiger partial charge in [-0.1, -0.05) is 6.07 Å². The Morgan fingerprint density at radius 1 is 1.38 bits per heavy atom. The Hall–Kier alpha value is -1.97. The summed E-state index contributed by atoms with van der Waals surface area (Å²) in [6, 6.07) is 5.86. The van der Waals surface area contributed by atoms with E-state index < -0.39 is 0 Å². The van der Waals surface area contributed by atoms with E-state index in [0.29, 0.717) is 0 Å². The molecule has 4 heteroatoms. The Morgan fingerprint density at radius 2 is 2.19 bits per heavy atom. The summed E-state index contributed by atoms with van der Waals surface area (Å²) in [4.78, 5) is 14.1. The Balaban J connectivity index is 2.31. The van der Waals surface area contributed by atoms with Crippen LogP contribution in [0.4, 0.5) is 0 Å². The second-order valence-corrected chi connectivity index (χ2v) is 3.52. The number of carbonyl (C=O) groups is 1. The summed E-state index contributed by atoms with van der Waals surface area (Å²) in [5.41, 5.74) is 1.99. The van der Waals surface area contributed by atoms with Crippen molar-refractivity contribution in [2.24, 2.45) is 0 Å². The molecule has 4 nitrogen and oxygen atoms in total. The largest absolute Gasteiger partial charge is 0.481 e. The van der Waals surface area contributed by atoms with Gasteiger partial charge < -0.3 is 14.5 Å². The summed E-state index contributed by atoms with van der Waals surface area (Å²) in [5, 5.41) is 0.976. The lowest BCUT2D eigenvalue weighted by molar-refractivity contribution is -0.142. The fourth-order valence-corrected chi connectivity index (χ4v) is 1.60. The topological polar surface area (TPSA) is 51.3 Å². The first kappa shape index (κ1) is 10.5. The predicted octanol–water partition coefficient (Wildman–Crippen LogP) is 2.03. The van der Waals surface area contributed by atoms with E-state index in [1.807, 2.05) is 31.3 Å². The van der Waals surface area contributed by atoms with Crippen molar-refractivity contribution in [3.05, 3.63) is 30.0 Å². The van der Waals surface area contributed by atoms with Gasteiger partial charge in [0.05, 0.1) is 7.11 Å². The van der Waals surface area contributed by atoms with Gasteiger partial charge in [0.1, 0.15) is 5.75 Å². The number of esters is 1. The zero-order valence-electron chi connectivity index (χ0n) is 9.24. The number of benzene rings is 1. The summed E-state index contributed by atoms with van der Waals surface area (Å²) in [5.74, 6) is 0.344. The SMILES string of the molecule is COC(=O)COc1c(C)ccc2[nH]ccc12. The Morgan fingerprint density at radius 3 is 2.94 bits per heavy atom. The first-order chi connectivity index (χ1) is 7.72. The van der Waals surface area contributed by atoms with E-state index in [2.05, 4.69) is 9.72 Å². The molecule has 0 aliphatic rings. The lowest BCUT2D eigenvalue weighted by Gasteiger charge is -2.09. The van der Waals surface area contributed by atoms with Gasteiger partial charge in [0, 0.05) is 17.1 Å². The number of rotatable bonds is 3. The van der Waals surface area contributed by atoms with E-state index in [4.69, 9.17) is 4.74 Å². The second-order valence-electron chi connectivity index (χ2n) is 3.52. The van der Waals surface area contributed by atoms with Crippen molar-refractivity contribution in [1.29, 1.82) is 0 Å². The molecule has 2 aromatic rings. The number of hydrogen-bond acceptors (Lipinski definition) is 3. The molecule has 0 bridgehead atoms. The van der Waals surface area contributed by atoms with E-state index in [-0.39, 0.29) is 12.6 Å². The van der Waals surface area contributed by atoms with Crippen LogP contribution in [0.1, 0.15) is 5.56 Å². The number of H-pyrrole nitrogens is 1. The van der Waals surface area contributed by atoms with Crippen LogP contribution >= 0.6 is 0 Å². The number of ether oxygens (including phenoxy) is 2. The predicted molar refractivity (Wildman–Crippen MR) is 60.5 cm³/mol. The summed E-state index contributed by atoms with van der Waals surface area (Å²) >= 11 is 0. The highest BCUT2D eigenvalue weighted by Gasteiger charge is 2.09. The number of methoxy groups -OCH3 is 1. The van der Waals surface area contributed by atoms with E-state index in [1.54, 1.807) is 0 Å². The molecule has 0 amide bonds. The van der Waals surface area contributed by atoms with Crippen LogP contribution < -0.4 is 4.74 Å². The average Bonchev–Trinajstić information content (AvgIpc) is 2.75. The monoisotopic (exact) mass is 219 g/mol. The molecule has 0 radical (unpaired) electrons. The molecule has 1 heterocycles. The van der Waals surface area contributed by atoms with Crippen LogP contribution in [0.15, 0.2) is 24.4 Å². The van der Waals surface area contributed by atoms with Crippen molar-refractivity contribution in [2.45, 2.75) is 6.92 Å². The molecule has 0 saturated carbocycles. The first-order valence-electron chi connectivity index (χ1n) is 4.98. The number of fused-ring (bicyclic) bond motifs is 1. The molecule has 0 fully saturated rings. The van der Waals surface area contributed by atoms with Crippen LogP contribution in [0.5, 0.6) is 5.75 Å². The number of nitrogens with one attached hydrogen (secondary N) is 1. The van der Waals surface area contributed by atoms with Crippen molar-refractivity contribution in [2.75, 3.05) is 13.7 Å². The molecule has 1 N–H and O–H groups in total. The Bertz CT molecular complexity index is 516. The van der Waals surface area contributed by atoms with Gasteiger partial charge in [0.15, 0.2) is 6.61 Å². The van der Waals surface area contributed by atoms with Gasteiger partial charge in [-0.05, 0) is 24.6 Å². The molecule has 0 unspecified atom stereocenters. The van der Waals surface area contributed by atoms with Crippen LogP contribution in [0.3, 0.4) is 0 Å². The number of carbonyl (C=O) groups excluding carboxylic acids is 1. The number of hydrogen-bond donors (Lipinski definition) is 1. The van der Waals surface area contributed by atoms with Crippen molar-refractivity contribution < 1.29 is 14.3 Å². The highest BCUT2D eigenvalue weighted by molar-refractivity contribution is 5.87. The maximum atomic E-state index is 11.0. The maximum Gasteiger partial charge on any atom is 0.343 e. The van der Waals surface area contributed by atoms with Crippen LogP contribution in [-0.2, 0) is 9.53 Å². The lowest BCUT2D eigenvalue weighted by atomic mass is 10.1. The van der Waals surface area contributed by atoms with Crippen molar-refractivity contribution in [3.8, 4) is 5.75 Å². The normalized spacial score (nSPS) is 10.4. The molecule has 0 aliphatic heterocycles. The smallest absolute Gasteiger partial charge is 0.343 e. The fourth-order valence-electron chi connectivity index (χ4n) is 1.60. The molecule has 0 spiro atoms. The summed E-state index contributed by atoms with van der Waals surface area (Å²) in [7, 11) is 1.34. The first-order valence-corrected chi connectivity index (χ1v) is 4.98. The van der Waals surface area contributed by atoms with Gasteiger partial charge in [-0.2, -0.15) is 0 Å². The van der Waals surface area contributed by atoms with Crippen LogP contribution in [-0.4, -0.2) is 24.7 Å². The number of aromatic amines is 1. The lowest BCUT2D eigenvalue weighted by Crippen LogP contribution is -2.13. The van der Waals surface area contributed by atoms with Crippen LogP contribution in [0.2, 0.25) is 0 Å². The highest BCUT2D eigenvalue weighted by atomic mass is 16.6. The molecule has 2 rings (SSSR count). The minimum atomic E-state index is -0.382. The van der Waals surface area contributed by atoms with Gasteiger partial charge in [-0.15, -0.1) is 0 Å². The zero-order chi connectivity index (χ0) is 11.5. The quantitative estimate of drug-likeness (QED) is 0.803. The van der Waals surface area contributed by atoms with Crippen molar-refractivity contribution >= 4 is 16.9 Å². The highest BCUT2D eigenvalue weighted by Crippen LogP contribution is 2.28. The van der Waals surface area contributed by atoms with Gasteiger partial charge >= 0.3 is 5.97 Å². The van der Waals surface area contributed by atoms with Crippen molar-refractivity contribution in [1.82, 2.24) is 4.98 Å². The molecule has 1 aromatic carbocycles. The van der Waals surface area contributed by atoms with E-state index in [0.717, 1.165) is 22.2 Å². The fraction of sp³-hybridized carbons (Fsp3) is 0.250. The van der Waals surface area contributed by atoms with Gasteiger partial charge in [0.25, 0.3) is 0 Å². The maximum absolute atomic E-state index is 11.0. The average molecular weight is 219 g/mol. The standard InChI is InChI=1S/C12H13NO3/c1-8-3-4-10-9(5-6-13-10)12(8)16-7-11(14)15-2/h3-6,13H,7H2,1-2H3. The van der Waals surface area contributed by atoms with Gasteiger partial charge in [-0.25, -0.2) is 4.79 Å². The molecule has 0 saturated heterocycles. The third kappa shape index (κ3) is 1.86. The van der Waals surface area contributed by atoms with E-state index >= 15 is 0 Å². The molecule has 0 atom stereocenters. The molecule has 1 aromatic heterocycles. The molecule has 84 valence electrons. The summed E-state index contributed by atoms with van der Waals surface area (Å²) in [6.45, 7) is 1.88. The minimum absolute atomic E-state index is 0.0678. The van der Waals surface area contributed by atoms with E-state index in [1.165, 1.54) is 7.11 Å². The second kappa shape index (κ2) is 4.26. The van der Waals surface area contributed by atoms with E-state index in [9.17, 15) is 4.79 Å². The van der Waals surface area contributed by atoms with Crippen molar-refractivity contribution in [3.63, 3.8) is 0 Å². The molecule has 16 heavy (non-hydrogen) atoms. The minimum Gasteiger partial charge on any atom is -0.481 e. The molecular weight excluding hydrogens is 206 g/mol. The Kier molecular flexibility index (Phi) is 2.81. The zero-order valence-corrected chi connectivity index (χ0v) is 9.24. The summed E-state index contributed by atoms with van der Waals surface area (Å²) in [6.07, 6.45) is 1.84. The van der Waals surface area contributed by atoms with Gasteiger partial charge in [0.2, 0.25) is 0 Å². The summed E-state index contributed by atoms with van der Waals surface area (Å²) < 4.78 is 10.0.